The fourth-order valence-electron chi connectivity index (χ4n) is 4.05. The van der Waals surface area contributed by atoms with Crippen LogP contribution < -0.4 is 0 Å². The van der Waals surface area contributed by atoms with Crippen LogP contribution in [0.1, 0.15) is 39.5 Å². The number of esters is 1. The highest BCUT2D eigenvalue weighted by atomic mass is 16.6. The van der Waals surface area contributed by atoms with E-state index in [0.29, 0.717) is 24.8 Å². The van der Waals surface area contributed by atoms with Gasteiger partial charge in [-0.3, -0.25) is 0 Å². The van der Waals surface area contributed by atoms with E-state index >= 15 is 0 Å². The molecule has 1 heterocycles. The van der Waals surface area contributed by atoms with Crippen LogP contribution in [0.4, 0.5) is 0 Å². The van der Waals surface area contributed by atoms with Gasteiger partial charge in [-0.1, -0.05) is 24.8 Å². The van der Waals surface area contributed by atoms with Crippen molar-refractivity contribution in [3.8, 4) is 0 Å². The number of hydrogen-bond acceptors (Lipinski definition) is 3. The molecule has 0 bridgehead atoms. The molecule has 0 spiro atoms. The summed E-state index contributed by atoms with van der Waals surface area (Å²) < 4.78 is 5.69. The van der Waals surface area contributed by atoms with Gasteiger partial charge in [-0.15, -0.1) is 6.58 Å². The van der Waals surface area contributed by atoms with Crippen LogP contribution in [0.15, 0.2) is 37.0 Å². The summed E-state index contributed by atoms with van der Waals surface area (Å²) in [7, 11) is 0. The first-order chi connectivity index (χ1) is 9.23. The third-order valence-electron chi connectivity index (χ3n) is 4.82. The number of carbonyl (C=O) groups excluding carboxylic acids is 1. The van der Waals surface area contributed by atoms with Gasteiger partial charge in [-0.25, -0.2) is 4.79 Å². The van der Waals surface area contributed by atoms with Gasteiger partial charge in [0.15, 0.2) is 0 Å². The topological polar surface area (TPSA) is 46.5 Å². The molecule has 0 aromatic heterocycles. The molecule has 1 saturated heterocycles. The van der Waals surface area contributed by atoms with Crippen LogP contribution in [0.25, 0.3) is 0 Å². The van der Waals surface area contributed by atoms with Crippen molar-refractivity contribution >= 4 is 5.97 Å². The highest BCUT2D eigenvalue weighted by Gasteiger charge is 2.59. The molecule has 0 amide bonds. The zero-order valence-corrected chi connectivity index (χ0v) is 12.4. The van der Waals surface area contributed by atoms with Crippen molar-refractivity contribution in [2.24, 2.45) is 11.8 Å². The molecule has 0 unspecified atom stereocenters. The van der Waals surface area contributed by atoms with Gasteiger partial charge in [0.1, 0.15) is 5.60 Å². The number of ether oxygens (including phenoxy) is 1. The van der Waals surface area contributed by atoms with E-state index in [9.17, 15) is 9.90 Å². The molecule has 3 heteroatoms. The molecule has 2 aliphatic rings. The summed E-state index contributed by atoms with van der Waals surface area (Å²) in [4.78, 5) is 11.8. The molecule has 2 rings (SSSR count). The quantitative estimate of drug-likeness (QED) is 0.487. The zero-order chi connectivity index (χ0) is 15.1. The average molecular weight is 276 g/mol. The number of aliphatic hydroxyl groups is 1. The number of hydrogen-bond donors (Lipinski definition) is 1. The zero-order valence-electron chi connectivity index (χ0n) is 12.4. The number of carbonyl (C=O) groups is 1. The average Bonchev–Trinajstić information content (AvgIpc) is 2.78. The lowest BCUT2D eigenvalue weighted by Crippen LogP contribution is -2.50. The molecule has 0 aromatic carbocycles. The fourth-order valence-corrected chi connectivity index (χ4v) is 4.05. The number of rotatable bonds is 4. The minimum absolute atomic E-state index is 0.156. The summed E-state index contributed by atoms with van der Waals surface area (Å²) >= 11 is 0. The van der Waals surface area contributed by atoms with Crippen LogP contribution in [0, 0.1) is 11.8 Å². The van der Waals surface area contributed by atoms with Crippen molar-refractivity contribution in [2.45, 2.75) is 50.7 Å². The Morgan fingerprint density at radius 3 is 2.70 bits per heavy atom. The minimum atomic E-state index is -0.864. The molecule has 0 aromatic rings. The van der Waals surface area contributed by atoms with Crippen molar-refractivity contribution < 1.29 is 14.6 Å². The predicted octanol–water partition coefficient (Wildman–Crippen LogP) is 3.16. The first-order valence-electron chi connectivity index (χ1n) is 7.13. The van der Waals surface area contributed by atoms with Crippen LogP contribution in [-0.4, -0.2) is 22.3 Å². The summed E-state index contributed by atoms with van der Waals surface area (Å²) in [6.45, 7) is 15.4. The lowest BCUT2D eigenvalue weighted by Gasteiger charge is -2.42. The van der Waals surface area contributed by atoms with Crippen molar-refractivity contribution in [1.82, 2.24) is 0 Å². The second kappa shape index (κ2) is 4.88. The molecule has 1 aliphatic carbocycles. The van der Waals surface area contributed by atoms with Gasteiger partial charge >= 0.3 is 5.97 Å². The second-order valence-corrected chi connectivity index (χ2v) is 6.55. The van der Waals surface area contributed by atoms with Crippen molar-refractivity contribution in [3.63, 3.8) is 0 Å². The molecule has 1 N–H and O–H groups in total. The molecule has 0 radical (unpaired) electrons. The third kappa shape index (κ3) is 2.24. The lowest BCUT2D eigenvalue weighted by atomic mass is 9.69. The van der Waals surface area contributed by atoms with E-state index in [1.165, 1.54) is 0 Å². The minimum Gasteiger partial charge on any atom is -0.455 e. The maximum atomic E-state index is 11.8. The van der Waals surface area contributed by atoms with Crippen molar-refractivity contribution in [3.05, 3.63) is 37.0 Å². The summed E-state index contributed by atoms with van der Waals surface area (Å²) in [5, 5.41) is 10.8. The van der Waals surface area contributed by atoms with Gasteiger partial charge in [-0.2, -0.15) is 0 Å². The maximum Gasteiger partial charge on any atom is 0.334 e. The Labute approximate surface area is 121 Å². The second-order valence-electron chi connectivity index (χ2n) is 6.55. The largest absolute Gasteiger partial charge is 0.455 e. The first-order valence-corrected chi connectivity index (χ1v) is 7.13. The van der Waals surface area contributed by atoms with E-state index in [1.54, 1.807) is 6.08 Å². The molecule has 20 heavy (non-hydrogen) atoms. The summed E-state index contributed by atoms with van der Waals surface area (Å²) in [6.07, 6.45) is 4.31. The van der Waals surface area contributed by atoms with Gasteiger partial charge in [0.25, 0.3) is 0 Å². The summed E-state index contributed by atoms with van der Waals surface area (Å²) in [5.74, 6) is -0.354. The van der Waals surface area contributed by atoms with Crippen LogP contribution in [0.5, 0.6) is 0 Å². The Morgan fingerprint density at radius 1 is 1.60 bits per heavy atom. The summed E-state index contributed by atoms with van der Waals surface area (Å²) in [6, 6.07) is 0. The normalized spacial score (nSPS) is 40.8. The van der Waals surface area contributed by atoms with Gasteiger partial charge in [0.05, 0.1) is 5.60 Å². The van der Waals surface area contributed by atoms with E-state index in [0.717, 1.165) is 12.0 Å². The Hall–Kier alpha value is -1.35. The summed E-state index contributed by atoms with van der Waals surface area (Å²) in [5.41, 5.74) is -0.0726. The molecule has 2 fully saturated rings. The van der Waals surface area contributed by atoms with Crippen LogP contribution in [0.2, 0.25) is 0 Å². The first kappa shape index (κ1) is 15.0. The Bertz CT molecular complexity index is 457. The molecule has 110 valence electrons. The van der Waals surface area contributed by atoms with Gasteiger partial charge in [0.2, 0.25) is 0 Å². The van der Waals surface area contributed by atoms with Gasteiger partial charge in [0, 0.05) is 24.3 Å². The number of cyclic esters (lactones) is 1. The van der Waals surface area contributed by atoms with E-state index in [4.69, 9.17) is 4.74 Å². The van der Waals surface area contributed by atoms with E-state index in [1.807, 2.05) is 13.8 Å². The lowest BCUT2D eigenvalue weighted by molar-refractivity contribution is -0.162. The standard InChI is InChI=1S/C17H24O3/c1-6-8-17(10-12(4)15(18)20-17)14-13(11(2)3)7-9-16(14,5)19/h6,13-14,19H,1-2,4,7-10H2,3,5H3/t13-,14-,16-,17-/m1/s1. The van der Waals surface area contributed by atoms with Crippen LogP contribution in [0.3, 0.4) is 0 Å². The smallest absolute Gasteiger partial charge is 0.334 e. The Kier molecular flexibility index (Phi) is 3.67. The number of allylic oxidation sites excluding steroid dienone is 1. The molecular formula is C17H24O3. The highest BCUT2D eigenvalue weighted by Crippen LogP contribution is 2.54. The van der Waals surface area contributed by atoms with Crippen molar-refractivity contribution in [2.75, 3.05) is 0 Å². The predicted molar refractivity (Wildman–Crippen MR) is 79.0 cm³/mol. The van der Waals surface area contributed by atoms with Gasteiger partial charge < -0.3 is 9.84 Å². The SMILES string of the molecule is C=CC[C@]1([C@@H]2[C@@H](C(=C)C)CC[C@@]2(C)O)CC(=C)C(=O)O1. The Balaban J connectivity index is 2.46. The fraction of sp³-hybridized carbons (Fsp3) is 0.588. The van der Waals surface area contributed by atoms with Crippen LogP contribution >= 0.6 is 0 Å². The van der Waals surface area contributed by atoms with E-state index in [2.05, 4.69) is 19.7 Å². The highest BCUT2D eigenvalue weighted by molar-refractivity contribution is 5.90. The van der Waals surface area contributed by atoms with E-state index in [-0.39, 0.29) is 17.8 Å². The molecule has 1 aliphatic heterocycles. The third-order valence-corrected chi connectivity index (χ3v) is 4.82. The maximum absolute atomic E-state index is 11.8. The van der Waals surface area contributed by atoms with Crippen LogP contribution in [-0.2, 0) is 9.53 Å². The Morgan fingerprint density at radius 2 is 2.25 bits per heavy atom. The molecule has 1 saturated carbocycles. The van der Waals surface area contributed by atoms with Gasteiger partial charge in [-0.05, 0) is 32.6 Å². The molecule has 3 nitrogen and oxygen atoms in total. The molecule has 4 atom stereocenters. The monoisotopic (exact) mass is 276 g/mol. The van der Waals surface area contributed by atoms with Crippen molar-refractivity contribution in [1.29, 1.82) is 0 Å². The van der Waals surface area contributed by atoms with E-state index < -0.39 is 11.2 Å². The molecular weight excluding hydrogens is 252 g/mol.